The Morgan fingerprint density at radius 2 is 2.10 bits per heavy atom. The van der Waals surface area contributed by atoms with Crippen molar-refractivity contribution in [2.45, 2.75) is 38.2 Å². The predicted molar refractivity (Wildman–Crippen MR) is 115 cm³/mol. The van der Waals surface area contributed by atoms with E-state index < -0.39 is 5.60 Å². The fraction of sp³-hybridized carbons (Fsp3) is 0.250. The van der Waals surface area contributed by atoms with Gasteiger partial charge in [0.2, 0.25) is 0 Å². The predicted octanol–water partition coefficient (Wildman–Crippen LogP) is 5.65. The molecule has 1 atom stereocenters. The molecular weight excluding hydrogens is 384 g/mol. The van der Waals surface area contributed by atoms with Gasteiger partial charge in [0.05, 0.1) is 0 Å². The van der Waals surface area contributed by atoms with E-state index >= 15 is 0 Å². The number of hydrogen-bond donors (Lipinski definition) is 1. The largest absolute Gasteiger partial charge is 0.475 e. The third kappa shape index (κ3) is 3.49. The van der Waals surface area contributed by atoms with Crippen LogP contribution in [-0.2, 0) is 18.4 Å². The average molecular weight is 407 g/mol. The smallest absolute Gasteiger partial charge is 0.190 e. The first-order chi connectivity index (χ1) is 14.0. The van der Waals surface area contributed by atoms with Crippen LogP contribution < -0.4 is 4.74 Å². The first-order valence-corrected chi connectivity index (χ1v) is 10.1. The standard InChI is InChI=1S/C24H23ClN2O2/c1-3-7-18-16-8-6-11-21(28)17(16)12-13-22(18)29-24(2,23-26-14-15-27-23)19-9-4-5-10-20(19)25/h3-5,9-10,12-15H,1,6-8,11H2,2H3,(H,26,27). The van der Waals surface area contributed by atoms with Crippen LogP contribution >= 0.6 is 11.6 Å². The number of nitrogens with one attached hydrogen (secondary N) is 1. The number of halogens is 1. The van der Waals surface area contributed by atoms with Crippen molar-refractivity contribution in [3.05, 3.63) is 94.5 Å². The van der Waals surface area contributed by atoms with E-state index in [4.69, 9.17) is 16.3 Å². The summed E-state index contributed by atoms with van der Waals surface area (Å²) < 4.78 is 6.66. The molecular formula is C24H23ClN2O2. The van der Waals surface area contributed by atoms with Gasteiger partial charge in [-0.3, -0.25) is 4.79 Å². The van der Waals surface area contributed by atoms with E-state index in [1.807, 2.05) is 49.4 Å². The molecule has 4 nitrogen and oxygen atoms in total. The van der Waals surface area contributed by atoms with Gasteiger partial charge in [-0.15, -0.1) is 6.58 Å². The molecule has 1 aliphatic rings. The van der Waals surface area contributed by atoms with Crippen LogP contribution in [0.5, 0.6) is 5.75 Å². The molecule has 148 valence electrons. The number of imidazole rings is 1. The molecule has 1 heterocycles. The summed E-state index contributed by atoms with van der Waals surface area (Å²) in [7, 11) is 0. The molecule has 1 unspecified atom stereocenters. The van der Waals surface area contributed by atoms with Crippen molar-refractivity contribution in [1.82, 2.24) is 9.97 Å². The third-order valence-corrected chi connectivity index (χ3v) is 5.85. The number of Topliss-reactive ketones (excluding diaryl/α,β-unsaturated/α-hetero) is 1. The van der Waals surface area contributed by atoms with Gasteiger partial charge in [0.15, 0.2) is 17.2 Å². The third-order valence-electron chi connectivity index (χ3n) is 5.52. The second kappa shape index (κ2) is 7.88. The van der Waals surface area contributed by atoms with Crippen molar-refractivity contribution in [2.75, 3.05) is 0 Å². The summed E-state index contributed by atoms with van der Waals surface area (Å²) in [6.07, 6.45) is 8.27. The molecule has 0 amide bonds. The van der Waals surface area contributed by atoms with Crippen LogP contribution in [0.15, 0.2) is 61.4 Å². The Labute approximate surface area is 175 Å². The van der Waals surface area contributed by atoms with Crippen molar-refractivity contribution in [3.8, 4) is 5.75 Å². The topological polar surface area (TPSA) is 55.0 Å². The minimum absolute atomic E-state index is 0.197. The van der Waals surface area contributed by atoms with Crippen molar-refractivity contribution in [2.24, 2.45) is 0 Å². The Kier molecular flexibility index (Phi) is 5.29. The SMILES string of the molecule is C=CCc1c(OC(C)(c2ncc[nH]2)c2ccccc2Cl)ccc2c1CCCC2=O. The molecule has 29 heavy (non-hydrogen) atoms. The number of fused-ring (bicyclic) bond motifs is 1. The zero-order valence-electron chi connectivity index (χ0n) is 16.4. The summed E-state index contributed by atoms with van der Waals surface area (Å²) >= 11 is 6.54. The van der Waals surface area contributed by atoms with Gasteiger partial charge in [0.1, 0.15) is 5.75 Å². The van der Waals surface area contributed by atoms with Crippen LogP contribution in [0.1, 0.15) is 52.6 Å². The van der Waals surface area contributed by atoms with Gasteiger partial charge >= 0.3 is 0 Å². The van der Waals surface area contributed by atoms with E-state index in [1.165, 1.54) is 0 Å². The average Bonchev–Trinajstić information content (AvgIpc) is 3.26. The highest BCUT2D eigenvalue weighted by molar-refractivity contribution is 6.31. The zero-order chi connectivity index (χ0) is 20.4. The summed E-state index contributed by atoms with van der Waals surface area (Å²) in [6.45, 7) is 5.86. The lowest BCUT2D eigenvalue weighted by atomic mass is 9.85. The number of benzene rings is 2. The van der Waals surface area contributed by atoms with Gasteiger partial charge in [-0.1, -0.05) is 35.9 Å². The Bertz CT molecular complexity index is 1060. The van der Waals surface area contributed by atoms with Crippen LogP contribution in [0.4, 0.5) is 0 Å². The summed E-state index contributed by atoms with van der Waals surface area (Å²) in [5.74, 6) is 1.57. The minimum Gasteiger partial charge on any atom is -0.475 e. The van der Waals surface area contributed by atoms with Crippen molar-refractivity contribution < 1.29 is 9.53 Å². The maximum atomic E-state index is 12.4. The molecule has 0 bridgehead atoms. The first-order valence-electron chi connectivity index (χ1n) is 9.77. The highest BCUT2D eigenvalue weighted by atomic mass is 35.5. The van der Waals surface area contributed by atoms with E-state index in [2.05, 4.69) is 16.5 Å². The maximum absolute atomic E-state index is 12.4. The number of hydrogen-bond acceptors (Lipinski definition) is 3. The molecule has 0 aliphatic heterocycles. The van der Waals surface area contributed by atoms with Gasteiger partial charge in [0, 0.05) is 40.5 Å². The number of carbonyl (C=O) groups is 1. The highest BCUT2D eigenvalue weighted by Crippen LogP contribution is 2.40. The molecule has 1 N–H and O–H groups in total. The number of rotatable bonds is 6. The lowest BCUT2D eigenvalue weighted by molar-refractivity contribution is 0.0971. The molecule has 3 aromatic rings. The Balaban J connectivity index is 1.86. The maximum Gasteiger partial charge on any atom is 0.190 e. The monoisotopic (exact) mass is 406 g/mol. The van der Waals surface area contributed by atoms with Gasteiger partial charge in [-0.25, -0.2) is 4.98 Å². The van der Waals surface area contributed by atoms with E-state index in [0.717, 1.165) is 40.8 Å². The number of ketones is 1. The molecule has 0 spiro atoms. The summed E-state index contributed by atoms with van der Waals surface area (Å²) in [5.41, 5.74) is 2.77. The van der Waals surface area contributed by atoms with E-state index in [0.29, 0.717) is 23.7 Å². The van der Waals surface area contributed by atoms with Gasteiger partial charge in [0.25, 0.3) is 0 Å². The second-order valence-electron chi connectivity index (χ2n) is 7.39. The van der Waals surface area contributed by atoms with Crippen molar-refractivity contribution in [3.63, 3.8) is 0 Å². The minimum atomic E-state index is -0.926. The Morgan fingerprint density at radius 3 is 2.83 bits per heavy atom. The fourth-order valence-electron chi connectivity index (χ4n) is 4.07. The van der Waals surface area contributed by atoms with Crippen LogP contribution in [0.3, 0.4) is 0 Å². The Morgan fingerprint density at radius 1 is 1.28 bits per heavy atom. The van der Waals surface area contributed by atoms with Crippen LogP contribution in [0.25, 0.3) is 0 Å². The van der Waals surface area contributed by atoms with Crippen molar-refractivity contribution >= 4 is 17.4 Å². The van der Waals surface area contributed by atoms with Crippen LogP contribution in [0.2, 0.25) is 5.02 Å². The molecule has 1 aromatic heterocycles. The number of aromatic amines is 1. The number of allylic oxidation sites excluding steroid dienone is 1. The van der Waals surface area contributed by atoms with Crippen molar-refractivity contribution in [1.29, 1.82) is 0 Å². The molecule has 0 saturated carbocycles. The molecule has 0 saturated heterocycles. The van der Waals surface area contributed by atoms with E-state index in [-0.39, 0.29) is 5.78 Å². The lowest BCUT2D eigenvalue weighted by Gasteiger charge is -2.32. The molecule has 0 fully saturated rings. The van der Waals surface area contributed by atoms with Crippen LogP contribution in [0, 0.1) is 0 Å². The number of carbonyl (C=O) groups excluding carboxylic acids is 1. The zero-order valence-corrected chi connectivity index (χ0v) is 17.1. The number of H-pyrrole nitrogens is 1. The molecule has 5 heteroatoms. The summed E-state index contributed by atoms with van der Waals surface area (Å²) in [4.78, 5) is 20.0. The summed E-state index contributed by atoms with van der Waals surface area (Å²) in [6, 6.07) is 11.4. The van der Waals surface area contributed by atoms with Gasteiger partial charge in [-0.05, 0) is 49.9 Å². The number of aromatic nitrogens is 2. The van der Waals surface area contributed by atoms with E-state index in [9.17, 15) is 4.79 Å². The molecule has 2 aromatic carbocycles. The molecule has 4 rings (SSSR count). The second-order valence-corrected chi connectivity index (χ2v) is 7.80. The quantitative estimate of drug-likeness (QED) is 0.538. The van der Waals surface area contributed by atoms with Crippen LogP contribution in [-0.4, -0.2) is 15.8 Å². The number of ether oxygens (including phenoxy) is 1. The normalized spacial score (nSPS) is 15.4. The fourth-order valence-corrected chi connectivity index (χ4v) is 4.38. The Hall–Kier alpha value is -2.85. The summed E-state index contributed by atoms with van der Waals surface area (Å²) in [5, 5.41) is 0.602. The lowest BCUT2D eigenvalue weighted by Crippen LogP contribution is -2.33. The number of nitrogens with zero attached hydrogens (tertiary/aromatic N) is 1. The first kappa shape index (κ1) is 19.5. The molecule has 1 aliphatic carbocycles. The van der Waals surface area contributed by atoms with Gasteiger partial charge in [-0.2, -0.15) is 0 Å². The molecule has 0 radical (unpaired) electrons. The van der Waals surface area contributed by atoms with E-state index in [1.54, 1.807) is 12.4 Å². The van der Waals surface area contributed by atoms with Gasteiger partial charge < -0.3 is 9.72 Å². The highest BCUT2D eigenvalue weighted by Gasteiger charge is 2.37.